The average Bonchev–Trinajstić information content (AvgIpc) is 3.04. The third-order valence-electron chi connectivity index (χ3n) is 3.72. The quantitative estimate of drug-likeness (QED) is 0.862. The molecule has 1 aromatic rings. The standard InChI is InChI=1S/C14H20N4O5/c1-3-23-14(22)17-6-4-16(5-7-17)12(19)10(2)18-9-11(8-15-18)13(20)21/h8-10H,3-7H2,1-2H3,(H,20,21). The van der Waals surface area contributed by atoms with Crippen molar-refractivity contribution in [2.75, 3.05) is 32.8 Å². The number of ether oxygens (including phenoxy) is 1. The first-order valence-corrected chi connectivity index (χ1v) is 7.42. The molecule has 1 N–H and O–H groups in total. The molecule has 1 atom stereocenters. The van der Waals surface area contributed by atoms with Crippen LogP contribution in [0.25, 0.3) is 0 Å². The van der Waals surface area contributed by atoms with Crippen LogP contribution < -0.4 is 0 Å². The molecule has 0 aromatic carbocycles. The summed E-state index contributed by atoms with van der Waals surface area (Å²) in [6.45, 7) is 5.38. The van der Waals surface area contributed by atoms with E-state index in [9.17, 15) is 14.4 Å². The van der Waals surface area contributed by atoms with E-state index in [1.165, 1.54) is 17.1 Å². The van der Waals surface area contributed by atoms with E-state index in [2.05, 4.69) is 5.10 Å². The van der Waals surface area contributed by atoms with Crippen molar-refractivity contribution in [1.82, 2.24) is 19.6 Å². The Hall–Kier alpha value is -2.58. The van der Waals surface area contributed by atoms with E-state index in [1.54, 1.807) is 23.6 Å². The van der Waals surface area contributed by atoms with Gasteiger partial charge in [-0.2, -0.15) is 5.10 Å². The highest BCUT2D eigenvalue weighted by Gasteiger charge is 2.28. The lowest BCUT2D eigenvalue weighted by molar-refractivity contribution is -0.136. The van der Waals surface area contributed by atoms with Crippen LogP contribution in [0.5, 0.6) is 0 Å². The highest BCUT2D eigenvalue weighted by molar-refractivity contribution is 5.87. The van der Waals surface area contributed by atoms with Crippen molar-refractivity contribution in [1.29, 1.82) is 0 Å². The molecule has 2 rings (SSSR count). The van der Waals surface area contributed by atoms with E-state index in [0.29, 0.717) is 32.8 Å². The van der Waals surface area contributed by atoms with Gasteiger partial charge in [-0.25, -0.2) is 9.59 Å². The van der Waals surface area contributed by atoms with Gasteiger partial charge in [0.2, 0.25) is 5.91 Å². The van der Waals surface area contributed by atoms with Gasteiger partial charge in [-0.15, -0.1) is 0 Å². The molecule has 1 saturated heterocycles. The molecule has 2 heterocycles. The number of rotatable bonds is 4. The molecular formula is C14H20N4O5. The fourth-order valence-corrected chi connectivity index (χ4v) is 2.36. The number of carboxylic acids is 1. The zero-order chi connectivity index (χ0) is 17.0. The number of hydrogen-bond acceptors (Lipinski definition) is 5. The van der Waals surface area contributed by atoms with Crippen LogP contribution in [0.3, 0.4) is 0 Å². The first-order valence-electron chi connectivity index (χ1n) is 7.42. The van der Waals surface area contributed by atoms with Crippen molar-refractivity contribution < 1.29 is 24.2 Å². The summed E-state index contributed by atoms with van der Waals surface area (Å²) >= 11 is 0. The molecule has 9 heteroatoms. The third kappa shape index (κ3) is 3.79. The van der Waals surface area contributed by atoms with Gasteiger partial charge < -0.3 is 19.6 Å². The molecule has 1 fully saturated rings. The maximum Gasteiger partial charge on any atom is 0.409 e. The molecule has 1 aliphatic heterocycles. The molecule has 23 heavy (non-hydrogen) atoms. The summed E-state index contributed by atoms with van der Waals surface area (Å²) < 4.78 is 6.27. The number of carbonyl (C=O) groups is 3. The van der Waals surface area contributed by atoms with Gasteiger partial charge in [-0.1, -0.05) is 0 Å². The van der Waals surface area contributed by atoms with Gasteiger partial charge in [0.25, 0.3) is 0 Å². The van der Waals surface area contributed by atoms with Crippen molar-refractivity contribution in [3.05, 3.63) is 18.0 Å². The molecular weight excluding hydrogens is 304 g/mol. The highest BCUT2D eigenvalue weighted by Crippen LogP contribution is 2.13. The number of hydrogen-bond donors (Lipinski definition) is 1. The first-order chi connectivity index (χ1) is 10.9. The minimum atomic E-state index is -1.08. The molecule has 0 aliphatic carbocycles. The largest absolute Gasteiger partial charge is 0.478 e. The zero-order valence-electron chi connectivity index (χ0n) is 13.1. The van der Waals surface area contributed by atoms with E-state index < -0.39 is 12.0 Å². The van der Waals surface area contributed by atoms with Gasteiger partial charge in [0.15, 0.2) is 0 Å². The molecule has 0 spiro atoms. The SMILES string of the molecule is CCOC(=O)N1CCN(C(=O)C(C)n2cc(C(=O)O)cn2)CC1. The summed E-state index contributed by atoms with van der Waals surface area (Å²) in [4.78, 5) is 38.2. The smallest absolute Gasteiger partial charge is 0.409 e. The Morgan fingerprint density at radius 1 is 1.26 bits per heavy atom. The summed E-state index contributed by atoms with van der Waals surface area (Å²) in [5, 5.41) is 12.8. The van der Waals surface area contributed by atoms with Gasteiger partial charge in [0, 0.05) is 32.4 Å². The minimum absolute atomic E-state index is 0.0387. The maximum atomic E-state index is 12.5. The second-order valence-electron chi connectivity index (χ2n) is 5.20. The zero-order valence-corrected chi connectivity index (χ0v) is 13.1. The highest BCUT2D eigenvalue weighted by atomic mass is 16.6. The molecule has 1 unspecified atom stereocenters. The summed E-state index contributed by atoms with van der Waals surface area (Å²) in [6.07, 6.45) is 2.18. The van der Waals surface area contributed by atoms with Gasteiger partial charge in [-0.3, -0.25) is 9.48 Å². The van der Waals surface area contributed by atoms with Crippen molar-refractivity contribution in [3.63, 3.8) is 0 Å². The molecule has 0 bridgehead atoms. The van der Waals surface area contributed by atoms with Crippen LogP contribution in [0.2, 0.25) is 0 Å². The number of nitrogens with zero attached hydrogens (tertiary/aromatic N) is 4. The van der Waals surface area contributed by atoms with Crippen LogP contribution in [0, 0.1) is 0 Å². The van der Waals surface area contributed by atoms with Crippen LogP contribution in [-0.4, -0.2) is 75.4 Å². The number of aromatic nitrogens is 2. The number of carboxylic acid groups (broad SMARTS) is 1. The third-order valence-corrected chi connectivity index (χ3v) is 3.72. The predicted molar refractivity (Wildman–Crippen MR) is 79.1 cm³/mol. The monoisotopic (exact) mass is 324 g/mol. The van der Waals surface area contributed by atoms with Crippen LogP contribution in [-0.2, 0) is 9.53 Å². The molecule has 1 aromatic heterocycles. The predicted octanol–water partition coefficient (Wildman–Crippen LogP) is 0.443. The van der Waals surface area contributed by atoms with Gasteiger partial charge in [0.1, 0.15) is 6.04 Å². The Kier molecular flexibility index (Phi) is 5.20. The minimum Gasteiger partial charge on any atom is -0.478 e. The van der Waals surface area contributed by atoms with Gasteiger partial charge >= 0.3 is 12.1 Å². The molecule has 126 valence electrons. The lowest BCUT2D eigenvalue weighted by Crippen LogP contribution is -2.52. The van der Waals surface area contributed by atoms with Crippen molar-refractivity contribution in [2.45, 2.75) is 19.9 Å². The van der Waals surface area contributed by atoms with E-state index in [1.807, 2.05) is 0 Å². The lowest BCUT2D eigenvalue weighted by atomic mass is 10.2. The summed E-state index contributed by atoms with van der Waals surface area (Å²) in [5.41, 5.74) is 0.0387. The van der Waals surface area contributed by atoms with Crippen LogP contribution in [0.4, 0.5) is 4.79 Å². The second kappa shape index (κ2) is 7.12. The van der Waals surface area contributed by atoms with Crippen LogP contribution in [0.15, 0.2) is 12.4 Å². The Labute approximate surface area is 133 Å². The summed E-state index contributed by atoms with van der Waals surface area (Å²) in [7, 11) is 0. The Bertz CT molecular complexity index is 592. The molecule has 0 saturated carbocycles. The Balaban J connectivity index is 1.93. The molecule has 9 nitrogen and oxygen atoms in total. The molecule has 2 amide bonds. The lowest BCUT2D eigenvalue weighted by Gasteiger charge is -2.35. The second-order valence-corrected chi connectivity index (χ2v) is 5.20. The fraction of sp³-hybridized carbons (Fsp3) is 0.571. The van der Waals surface area contributed by atoms with Crippen molar-refractivity contribution in [3.8, 4) is 0 Å². The van der Waals surface area contributed by atoms with Crippen molar-refractivity contribution >= 4 is 18.0 Å². The van der Waals surface area contributed by atoms with Gasteiger partial charge in [0.05, 0.1) is 18.4 Å². The van der Waals surface area contributed by atoms with Crippen LogP contribution >= 0.6 is 0 Å². The van der Waals surface area contributed by atoms with E-state index in [4.69, 9.17) is 9.84 Å². The van der Waals surface area contributed by atoms with Crippen molar-refractivity contribution in [2.24, 2.45) is 0 Å². The van der Waals surface area contributed by atoms with E-state index in [0.717, 1.165) is 0 Å². The average molecular weight is 324 g/mol. The maximum absolute atomic E-state index is 12.5. The topological polar surface area (TPSA) is 105 Å². The van der Waals surface area contributed by atoms with E-state index in [-0.39, 0.29) is 17.6 Å². The van der Waals surface area contributed by atoms with E-state index >= 15 is 0 Å². The fourth-order valence-electron chi connectivity index (χ4n) is 2.36. The summed E-state index contributed by atoms with van der Waals surface area (Å²) in [5.74, 6) is -1.24. The number of piperazine rings is 1. The Morgan fingerprint density at radius 2 is 1.87 bits per heavy atom. The number of amides is 2. The first kappa shape index (κ1) is 16.8. The molecule has 0 radical (unpaired) electrons. The Morgan fingerprint density at radius 3 is 2.39 bits per heavy atom. The normalized spacial score (nSPS) is 16.1. The number of carbonyl (C=O) groups excluding carboxylic acids is 2. The summed E-state index contributed by atoms with van der Waals surface area (Å²) in [6, 6.07) is -0.600. The van der Waals surface area contributed by atoms with Gasteiger partial charge in [-0.05, 0) is 13.8 Å². The molecule has 1 aliphatic rings. The van der Waals surface area contributed by atoms with Crippen LogP contribution in [0.1, 0.15) is 30.2 Å². The number of aromatic carboxylic acids is 1.